The minimum Gasteiger partial charge on any atom is -0.261 e. The molecular formula is C12H21N. The Morgan fingerprint density at radius 3 is 2.00 bits per heavy atom. The largest absolute Gasteiger partial charge is 0.261 e. The number of aliphatic imine (C=N–C) groups is 1. The third-order valence-corrected chi connectivity index (χ3v) is 1.21. The van der Waals surface area contributed by atoms with Crippen LogP contribution in [-0.2, 0) is 0 Å². The van der Waals surface area contributed by atoms with E-state index in [-0.39, 0.29) is 0 Å². The molecule has 0 aliphatic carbocycles. The van der Waals surface area contributed by atoms with Crippen molar-refractivity contribution in [1.82, 2.24) is 0 Å². The van der Waals surface area contributed by atoms with Gasteiger partial charge in [-0.3, -0.25) is 4.99 Å². The van der Waals surface area contributed by atoms with E-state index in [2.05, 4.69) is 32.0 Å². The predicted molar refractivity (Wildman–Crippen MR) is 63.2 cm³/mol. The quantitative estimate of drug-likeness (QED) is 0.457. The monoisotopic (exact) mass is 179 g/mol. The third kappa shape index (κ3) is 8.80. The minimum absolute atomic E-state index is 0.434. The fourth-order valence-corrected chi connectivity index (χ4v) is 0.644. The second kappa shape index (κ2) is 10.9. The van der Waals surface area contributed by atoms with Gasteiger partial charge >= 0.3 is 0 Å². The first kappa shape index (κ1) is 14.4. The molecule has 0 atom stereocenters. The number of hydrogen-bond acceptors (Lipinski definition) is 1. The van der Waals surface area contributed by atoms with Gasteiger partial charge in [0.2, 0.25) is 0 Å². The van der Waals surface area contributed by atoms with Gasteiger partial charge in [0.15, 0.2) is 0 Å². The van der Waals surface area contributed by atoms with Crippen molar-refractivity contribution in [1.29, 1.82) is 0 Å². The molecular weight excluding hydrogens is 158 g/mol. The van der Waals surface area contributed by atoms with Gasteiger partial charge in [-0.05, 0) is 12.0 Å². The smallest absolute Gasteiger partial charge is 0.0428 e. The summed E-state index contributed by atoms with van der Waals surface area (Å²) in [6.45, 7) is 15.4. The van der Waals surface area contributed by atoms with Gasteiger partial charge in [-0.15, -0.1) is 0 Å². The zero-order valence-electron chi connectivity index (χ0n) is 9.25. The first-order chi connectivity index (χ1) is 6.22. The Hall–Kier alpha value is -1.11. The van der Waals surface area contributed by atoms with Crippen molar-refractivity contribution in [3.8, 4) is 0 Å². The van der Waals surface area contributed by atoms with Crippen LogP contribution in [0.2, 0.25) is 0 Å². The molecule has 13 heavy (non-hydrogen) atoms. The van der Waals surface area contributed by atoms with Gasteiger partial charge in [0.05, 0.1) is 0 Å². The molecule has 0 N–H and O–H groups in total. The highest BCUT2D eigenvalue weighted by molar-refractivity contribution is 5.71. The van der Waals surface area contributed by atoms with E-state index in [1.165, 1.54) is 0 Å². The van der Waals surface area contributed by atoms with Crippen molar-refractivity contribution in [2.45, 2.75) is 27.7 Å². The van der Waals surface area contributed by atoms with Gasteiger partial charge in [-0.25, -0.2) is 0 Å². The Labute approximate surface area is 82.6 Å². The van der Waals surface area contributed by atoms with Crippen LogP contribution in [0.25, 0.3) is 0 Å². The van der Waals surface area contributed by atoms with E-state index in [1.807, 2.05) is 19.9 Å². The van der Waals surface area contributed by atoms with E-state index in [0.29, 0.717) is 5.92 Å². The number of nitrogens with zero attached hydrogens (tertiary/aromatic N) is 1. The molecule has 0 saturated carbocycles. The van der Waals surface area contributed by atoms with Crippen molar-refractivity contribution in [3.63, 3.8) is 0 Å². The van der Waals surface area contributed by atoms with Crippen LogP contribution in [0.15, 0.2) is 42.1 Å². The first-order valence-electron chi connectivity index (χ1n) is 4.70. The lowest BCUT2D eigenvalue weighted by Gasteiger charge is -2.02. The summed E-state index contributed by atoms with van der Waals surface area (Å²) in [5.74, 6) is 0.434. The SMILES string of the molecule is C=CC=N/C(=C\C=C)C(C)C.CC. The molecule has 0 aliphatic heterocycles. The number of allylic oxidation sites excluding steroid dienone is 4. The summed E-state index contributed by atoms with van der Waals surface area (Å²) in [6, 6.07) is 0. The van der Waals surface area contributed by atoms with Crippen molar-refractivity contribution in [3.05, 3.63) is 37.1 Å². The summed E-state index contributed by atoms with van der Waals surface area (Å²) in [6.07, 6.45) is 7.01. The summed E-state index contributed by atoms with van der Waals surface area (Å²) in [4.78, 5) is 4.18. The molecule has 0 aromatic heterocycles. The molecule has 0 radical (unpaired) electrons. The van der Waals surface area contributed by atoms with E-state index in [4.69, 9.17) is 0 Å². The number of hydrogen-bond donors (Lipinski definition) is 0. The standard InChI is InChI=1S/C10H15N.C2H6/c1-5-7-10(9(3)4)11-8-6-2;1-2/h5-9H,1-2H2,3-4H3;1-2H3/b10-7-,11-8?;. The summed E-state index contributed by atoms with van der Waals surface area (Å²) < 4.78 is 0. The Balaban J connectivity index is 0. The minimum atomic E-state index is 0.434. The summed E-state index contributed by atoms with van der Waals surface area (Å²) in [5.41, 5.74) is 1.03. The van der Waals surface area contributed by atoms with E-state index in [0.717, 1.165) is 5.70 Å². The fraction of sp³-hybridized carbons (Fsp3) is 0.417. The average molecular weight is 179 g/mol. The van der Waals surface area contributed by atoms with Crippen LogP contribution < -0.4 is 0 Å². The van der Waals surface area contributed by atoms with E-state index in [9.17, 15) is 0 Å². The number of rotatable bonds is 4. The molecule has 0 aromatic carbocycles. The van der Waals surface area contributed by atoms with Crippen LogP contribution in [0, 0.1) is 5.92 Å². The molecule has 0 bridgehead atoms. The summed E-state index contributed by atoms with van der Waals surface area (Å²) in [7, 11) is 0. The lowest BCUT2D eigenvalue weighted by atomic mass is 10.1. The van der Waals surface area contributed by atoms with Crippen LogP contribution in [0.4, 0.5) is 0 Å². The predicted octanol–water partition coefficient (Wildman–Crippen LogP) is 4.00. The van der Waals surface area contributed by atoms with Crippen molar-refractivity contribution >= 4 is 6.21 Å². The van der Waals surface area contributed by atoms with Crippen molar-refractivity contribution < 1.29 is 0 Å². The van der Waals surface area contributed by atoms with E-state index >= 15 is 0 Å². The molecule has 74 valence electrons. The van der Waals surface area contributed by atoms with Gasteiger partial charge in [0.1, 0.15) is 0 Å². The van der Waals surface area contributed by atoms with Crippen LogP contribution in [0.3, 0.4) is 0 Å². The lowest BCUT2D eigenvalue weighted by Crippen LogP contribution is -1.89. The Morgan fingerprint density at radius 1 is 1.15 bits per heavy atom. The Kier molecular flexibility index (Phi) is 12.1. The van der Waals surface area contributed by atoms with Gasteiger partial charge < -0.3 is 0 Å². The maximum Gasteiger partial charge on any atom is 0.0428 e. The first-order valence-corrected chi connectivity index (χ1v) is 4.70. The third-order valence-electron chi connectivity index (χ3n) is 1.21. The molecule has 0 fully saturated rings. The van der Waals surface area contributed by atoms with Crippen LogP contribution in [-0.4, -0.2) is 6.21 Å². The van der Waals surface area contributed by atoms with E-state index < -0.39 is 0 Å². The molecule has 0 spiro atoms. The molecule has 0 unspecified atom stereocenters. The molecule has 0 amide bonds. The molecule has 0 saturated heterocycles. The van der Waals surface area contributed by atoms with Crippen LogP contribution in [0.5, 0.6) is 0 Å². The fourth-order valence-electron chi connectivity index (χ4n) is 0.644. The molecule has 1 heteroatoms. The Bertz CT molecular complexity index is 185. The highest BCUT2D eigenvalue weighted by atomic mass is 14.7. The van der Waals surface area contributed by atoms with Crippen LogP contribution in [0.1, 0.15) is 27.7 Å². The average Bonchev–Trinajstić information content (AvgIpc) is 2.15. The molecule has 1 nitrogen and oxygen atoms in total. The highest BCUT2D eigenvalue weighted by Crippen LogP contribution is 2.09. The van der Waals surface area contributed by atoms with Crippen molar-refractivity contribution in [2.24, 2.45) is 10.9 Å². The summed E-state index contributed by atoms with van der Waals surface area (Å²) in [5, 5.41) is 0. The molecule has 0 heterocycles. The molecule has 0 rings (SSSR count). The van der Waals surface area contributed by atoms with Crippen LogP contribution >= 0.6 is 0 Å². The summed E-state index contributed by atoms with van der Waals surface area (Å²) >= 11 is 0. The van der Waals surface area contributed by atoms with Gasteiger partial charge in [-0.1, -0.05) is 53.0 Å². The zero-order chi connectivity index (χ0) is 10.7. The zero-order valence-corrected chi connectivity index (χ0v) is 9.25. The maximum atomic E-state index is 4.18. The molecule has 0 aromatic rings. The van der Waals surface area contributed by atoms with Gasteiger partial charge in [0.25, 0.3) is 0 Å². The normalized spacial score (nSPS) is 11.0. The van der Waals surface area contributed by atoms with Crippen molar-refractivity contribution in [2.75, 3.05) is 0 Å². The van der Waals surface area contributed by atoms with E-state index in [1.54, 1.807) is 18.4 Å². The lowest BCUT2D eigenvalue weighted by molar-refractivity contribution is 0.759. The maximum absolute atomic E-state index is 4.18. The second-order valence-electron chi connectivity index (χ2n) is 2.50. The van der Waals surface area contributed by atoms with Gasteiger partial charge in [-0.2, -0.15) is 0 Å². The molecule has 0 aliphatic rings. The van der Waals surface area contributed by atoms with Gasteiger partial charge in [0, 0.05) is 11.9 Å². The Morgan fingerprint density at radius 2 is 1.69 bits per heavy atom. The highest BCUT2D eigenvalue weighted by Gasteiger charge is 1.96. The second-order valence-corrected chi connectivity index (χ2v) is 2.50. The topological polar surface area (TPSA) is 12.4 Å².